The summed E-state index contributed by atoms with van der Waals surface area (Å²) < 4.78 is 5.58. The summed E-state index contributed by atoms with van der Waals surface area (Å²) in [4.78, 5) is 23.8. The molecular weight excluding hydrogens is 300 g/mol. The number of nitrogens with one attached hydrogen (secondary N) is 2. The maximum atomic E-state index is 12.0. The third kappa shape index (κ3) is 4.89. The molecule has 2 amide bonds. The maximum absolute atomic E-state index is 12.0. The Morgan fingerprint density at radius 1 is 1.13 bits per heavy atom. The Kier molecular flexibility index (Phi) is 6.38. The number of amides is 2. The van der Waals surface area contributed by atoms with Crippen LogP contribution in [0.25, 0.3) is 0 Å². The van der Waals surface area contributed by atoms with Crippen molar-refractivity contribution in [3.8, 4) is 0 Å². The Bertz CT molecular complexity index is 423. The number of rotatable bonds is 6. The van der Waals surface area contributed by atoms with Crippen LogP contribution in [0, 0.1) is 5.92 Å². The molecule has 1 aliphatic heterocycles. The number of aliphatic hydroxyl groups excluding tert-OH is 2. The summed E-state index contributed by atoms with van der Waals surface area (Å²) in [5.41, 5.74) is 0. The van der Waals surface area contributed by atoms with Gasteiger partial charge >= 0.3 is 0 Å². The average Bonchev–Trinajstić information content (AvgIpc) is 3.09. The van der Waals surface area contributed by atoms with E-state index in [1.807, 2.05) is 13.8 Å². The molecule has 2 fully saturated rings. The molecular formula is C16H28N2O5. The van der Waals surface area contributed by atoms with Crippen LogP contribution < -0.4 is 10.6 Å². The normalized spacial score (nSPS) is 31.5. The minimum atomic E-state index is -1.12. The van der Waals surface area contributed by atoms with E-state index in [0.29, 0.717) is 0 Å². The minimum absolute atomic E-state index is 0.00691. The number of ether oxygens (including phenoxy) is 1. The van der Waals surface area contributed by atoms with Gasteiger partial charge in [-0.1, -0.05) is 12.8 Å². The number of carbonyl (C=O) groups is 2. The maximum Gasteiger partial charge on any atom is 0.223 e. The highest BCUT2D eigenvalue weighted by molar-refractivity contribution is 5.79. The largest absolute Gasteiger partial charge is 0.388 e. The Hall–Kier alpha value is -1.18. The highest BCUT2D eigenvalue weighted by Gasteiger charge is 2.43. The van der Waals surface area contributed by atoms with Gasteiger partial charge in [0, 0.05) is 18.5 Å². The van der Waals surface area contributed by atoms with Gasteiger partial charge in [0.05, 0.1) is 12.5 Å². The zero-order valence-corrected chi connectivity index (χ0v) is 13.8. The summed E-state index contributed by atoms with van der Waals surface area (Å²) in [6.07, 6.45) is 0.282. The van der Waals surface area contributed by atoms with Crippen LogP contribution in [0.1, 0.15) is 46.0 Å². The van der Waals surface area contributed by atoms with Crippen LogP contribution in [0.15, 0.2) is 0 Å². The van der Waals surface area contributed by atoms with Crippen molar-refractivity contribution in [3.63, 3.8) is 0 Å². The SMILES string of the molecule is CC(C)NC(=O)C[C@@H]1O[C@H](CNC(=O)C2CCCC2)[C@@H](O)[C@H]1O. The van der Waals surface area contributed by atoms with Crippen LogP contribution in [-0.2, 0) is 14.3 Å². The van der Waals surface area contributed by atoms with E-state index in [1.54, 1.807) is 0 Å². The van der Waals surface area contributed by atoms with E-state index in [0.717, 1.165) is 25.7 Å². The minimum Gasteiger partial charge on any atom is -0.388 e. The van der Waals surface area contributed by atoms with E-state index in [4.69, 9.17) is 4.74 Å². The molecule has 2 rings (SSSR count). The molecule has 1 saturated carbocycles. The highest BCUT2D eigenvalue weighted by Crippen LogP contribution is 2.26. The summed E-state index contributed by atoms with van der Waals surface area (Å²) in [6, 6.07) is 0.00691. The molecule has 4 atom stereocenters. The number of carbonyl (C=O) groups excluding carboxylic acids is 2. The molecule has 0 spiro atoms. The van der Waals surface area contributed by atoms with Crippen molar-refractivity contribution < 1.29 is 24.5 Å². The summed E-state index contributed by atoms with van der Waals surface area (Å²) in [6.45, 7) is 3.84. The van der Waals surface area contributed by atoms with Gasteiger partial charge in [0.2, 0.25) is 11.8 Å². The van der Waals surface area contributed by atoms with Gasteiger partial charge in [-0.3, -0.25) is 9.59 Å². The molecule has 132 valence electrons. The smallest absolute Gasteiger partial charge is 0.223 e. The van der Waals surface area contributed by atoms with Gasteiger partial charge in [0.15, 0.2) is 0 Å². The first-order valence-electron chi connectivity index (χ1n) is 8.47. The number of hydrogen-bond acceptors (Lipinski definition) is 5. The Labute approximate surface area is 136 Å². The summed E-state index contributed by atoms with van der Waals surface area (Å²) in [5.74, 6) is -0.202. The fourth-order valence-electron chi connectivity index (χ4n) is 3.26. The second-order valence-corrected chi connectivity index (χ2v) is 6.85. The average molecular weight is 328 g/mol. The zero-order valence-electron chi connectivity index (χ0n) is 13.8. The summed E-state index contributed by atoms with van der Waals surface area (Å²) in [5, 5.41) is 25.6. The Balaban J connectivity index is 1.79. The molecule has 0 aromatic carbocycles. The lowest BCUT2D eigenvalue weighted by molar-refractivity contribution is -0.127. The van der Waals surface area contributed by atoms with Gasteiger partial charge < -0.3 is 25.6 Å². The van der Waals surface area contributed by atoms with Crippen LogP contribution in [0.5, 0.6) is 0 Å². The van der Waals surface area contributed by atoms with Crippen LogP contribution in [0.3, 0.4) is 0 Å². The lowest BCUT2D eigenvalue weighted by atomic mass is 10.0. The summed E-state index contributed by atoms with van der Waals surface area (Å²) >= 11 is 0. The molecule has 7 heteroatoms. The fraction of sp³-hybridized carbons (Fsp3) is 0.875. The molecule has 2 aliphatic rings. The predicted molar refractivity (Wildman–Crippen MR) is 83.5 cm³/mol. The molecule has 0 aromatic rings. The lowest BCUT2D eigenvalue weighted by Crippen LogP contribution is -2.41. The van der Waals surface area contributed by atoms with Gasteiger partial charge in [-0.05, 0) is 26.7 Å². The molecule has 0 aromatic heterocycles. The number of aliphatic hydroxyl groups is 2. The second-order valence-electron chi connectivity index (χ2n) is 6.85. The molecule has 7 nitrogen and oxygen atoms in total. The zero-order chi connectivity index (χ0) is 17.0. The van der Waals surface area contributed by atoms with Crippen molar-refractivity contribution in [2.75, 3.05) is 6.54 Å². The van der Waals surface area contributed by atoms with Crippen LogP contribution >= 0.6 is 0 Å². The van der Waals surface area contributed by atoms with Gasteiger partial charge in [-0.2, -0.15) is 0 Å². The third-order valence-corrected chi connectivity index (χ3v) is 4.50. The van der Waals surface area contributed by atoms with Gasteiger partial charge in [0.1, 0.15) is 18.3 Å². The van der Waals surface area contributed by atoms with Gasteiger partial charge in [-0.15, -0.1) is 0 Å². The molecule has 0 bridgehead atoms. The molecule has 4 N–H and O–H groups in total. The molecule has 0 radical (unpaired) electrons. The van der Waals surface area contributed by atoms with E-state index in [1.165, 1.54) is 0 Å². The van der Waals surface area contributed by atoms with Crippen molar-refractivity contribution in [2.24, 2.45) is 5.92 Å². The standard InChI is InChI=1S/C16H28N2O5/c1-9(2)18-13(19)7-11-14(20)15(21)12(23-11)8-17-16(22)10-5-3-4-6-10/h9-12,14-15,20-21H,3-8H2,1-2H3,(H,17,22)(H,18,19)/t11-,12+,14-,15+/m0/s1. The third-order valence-electron chi connectivity index (χ3n) is 4.50. The van der Waals surface area contributed by atoms with Crippen molar-refractivity contribution in [1.29, 1.82) is 0 Å². The Morgan fingerprint density at radius 2 is 1.74 bits per heavy atom. The first-order valence-corrected chi connectivity index (χ1v) is 8.47. The van der Waals surface area contributed by atoms with E-state index in [-0.39, 0.29) is 36.7 Å². The van der Waals surface area contributed by atoms with Gasteiger partial charge in [0.25, 0.3) is 0 Å². The van der Waals surface area contributed by atoms with E-state index >= 15 is 0 Å². The first-order chi connectivity index (χ1) is 10.9. The quantitative estimate of drug-likeness (QED) is 0.535. The van der Waals surface area contributed by atoms with Crippen molar-refractivity contribution >= 4 is 11.8 Å². The number of hydrogen-bond donors (Lipinski definition) is 4. The molecule has 0 unspecified atom stereocenters. The highest BCUT2D eigenvalue weighted by atomic mass is 16.5. The topological polar surface area (TPSA) is 108 Å². The lowest BCUT2D eigenvalue weighted by Gasteiger charge is -2.17. The van der Waals surface area contributed by atoms with Crippen molar-refractivity contribution in [3.05, 3.63) is 0 Å². The monoisotopic (exact) mass is 328 g/mol. The van der Waals surface area contributed by atoms with Crippen LogP contribution in [-0.4, -0.2) is 59.0 Å². The fourth-order valence-corrected chi connectivity index (χ4v) is 3.26. The van der Waals surface area contributed by atoms with E-state index in [9.17, 15) is 19.8 Å². The predicted octanol–water partition coefficient (Wildman–Crippen LogP) is -0.303. The summed E-state index contributed by atoms with van der Waals surface area (Å²) in [7, 11) is 0. The molecule has 1 saturated heterocycles. The van der Waals surface area contributed by atoms with E-state index < -0.39 is 24.4 Å². The first kappa shape index (κ1) is 18.2. The van der Waals surface area contributed by atoms with Gasteiger partial charge in [-0.25, -0.2) is 0 Å². The molecule has 1 heterocycles. The van der Waals surface area contributed by atoms with Crippen molar-refractivity contribution in [1.82, 2.24) is 10.6 Å². The second kappa shape index (κ2) is 8.08. The Morgan fingerprint density at radius 3 is 2.35 bits per heavy atom. The van der Waals surface area contributed by atoms with Crippen LogP contribution in [0.2, 0.25) is 0 Å². The van der Waals surface area contributed by atoms with Crippen LogP contribution in [0.4, 0.5) is 0 Å². The molecule has 1 aliphatic carbocycles. The van der Waals surface area contributed by atoms with Crippen molar-refractivity contribution in [2.45, 2.75) is 76.4 Å². The van der Waals surface area contributed by atoms with E-state index in [2.05, 4.69) is 10.6 Å². The molecule has 23 heavy (non-hydrogen) atoms.